The van der Waals surface area contributed by atoms with E-state index in [0.29, 0.717) is 11.8 Å². The second kappa shape index (κ2) is 7.08. The molecule has 0 bridgehead atoms. The number of benzene rings is 1. The van der Waals surface area contributed by atoms with E-state index in [1.807, 2.05) is 6.07 Å². The van der Waals surface area contributed by atoms with Crippen molar-refractivity contribution >= 4 is 0 Å². The number of rotatable bonds is 7. The first-order chi connectivity index (χ1) is 9.70. The standard InChI is InChI=1S/C16H23N3O/c1-4-13(9-14-10-17-19-18-14)15-7-5-6-8-16(15)20-11-12(2)3/h5-8,10,12-13H,4,9,11H2,1-3H3,(H,17,18,19). The molecule has 1 aromatic carbocycles. The van der Waals surface area contributed by atoms with Crippen LogP contribution in [-0.2, 0) is 6.42 Å². The van der Waals surface area contributed by atoms with Crippen molar-refractivity contribution in [3.05, 3.63) is 41.7 Å². The maximum absolute atomic E-state index is 5.96. The highest BCUT2D eigenvalue weighted by atomic mass is 16.5. The number of H-pyrrole nitrogens is 1. The number of ether oxygens (including phenoxy) is 1. The summed E-state index contributed by atoms with van der Waals surface area (Å²) in [6.45, 7) is 7.27. The minimum atomic E-state index is 0.406. The highest BCUT2D eigenvalue weighted by Crippen LogP contribution is 2.31. The zero-order chi connectivity index (χ0) is 14.4. The summed E-state index contributed by atoms with van der Waals surface area (Å²) in [5.74, 6) is 1.93. The van der Waals surface area contributed by atoms with Gasteiger partial charge in [-0.05, 0) is 29.9 Å². The third kappa shape index (κ3) is 3.83. The maximum Gasteiger partial charge on any atom is 0.122 e. The number of aromatic nitrogens is 3. The topological polar surface area (TPSA) is 50.8 Å². The van der Waals surface area contributed by atoms with Crippen molar-refractivity contribution in [3.63, 3.8) is 0 Å². The van der Waals surface area contributed by atoms with Crippen LogP contribution in [0, 0.1) is 5.92 Å². The summed E-state index contributed by atoms with van der Waals surface area (Å²) in [7, 11) is 0. The van der Waals surface area contributed by atoms with Gasteiger partial charge in [0, 0.05) is 6.42 Å². The molecule has 0 fully saturated rings. The Morgan fingerprint density at radius 3 is 2.70 bits per heavy atom. The molecule has 0 aliphatic carbocycles. The average Bonchev–Trinajstić information content (AvgIpc) is 2.96. The molecule has 1 aromatic heterocycles. The molecule has 1 N–H and O–H groups in total. The Labute approximate surface area is 120 Å². The van der Waals surface area contributed by atoms with Gasteiger partial charge in [0.05, 0.1) is 18.5 Å². The molecule has 0 amide bonds. The van der Waals surface area contributed by atoms with Gasteiger partial charge >= 0.3 is 0 Å². The Kier molecular flexibility index (Phi) is 5.16. The zero-order valence-electron chi connectivity index (χ0n) is 12.5. The van der Waals surface area contributed by atoms with E-state index in [0.717, 1.165) is 30.9 Å². The molecule has 4 heteroatoms. The van der Waals surface area contributed by atoms with E-state index < -0.39 is 0 Å². The molecule has 0 aliphatic rings. The van der Waals surface area contributed by atoms with Crippen LogP contribution in [0.25, 0.3) is 0 Å². The van der Waals surface area contributed by atoms with Crippen LogP contribution in [0.15, 0.2) is 30.5 Å². The molecule has 0 radical (unpaired) electrons. The van der Waals surface area contributed by atoms with Gasteiger partial charge in [0.25, 0.3) is 0 Å². The Hall–Kier alpha value is -1.84. The van der Waals surface area contributed by atoms with Gasteiger partial charge in [-0.25, -0.2) is 0 Å². The minimum absolute atomic E-state index is 0.406. The van der Waals surface area contributed by atoms with Gasteiger partial charge in [-0.3, -0.25) is 0 Å². The molecule has 1 unspecified atom stereocenters. The van der Waals surface area contributed by atoms with Crippen LogP contribution in [0.4, 0.5) is 0 Å². The summed E-state index contributed by atoms with van der Waals surface area (Å²) in [5.41, 5.74) is 2.26. The SMILES string of the molecule is CCC(Cc1cn[nH]n1)c1ccccc1OCC(C)C. The van der Waals surface area contributed by atoms with Crippen molar-refractivity contribution in [2.75, 3.05) is 6.61 Å². The van der Waals surface area contributed by atoms with Gasteiger partial charge in [0.1, 0.15) is 5.75 Å². The van der Waals surface area contributed by atoms with Gasteiger partial charge in [0.15, 0.2) is 0 Å². The molecule has 0 aliphatic heterocycles. The minimum Gasteiger partial charge on any atom is -0.493 e. The monoisotopic (exact) mass is 273 g/mol. The number of hydrogen-bond acceptors (Lipinski definition) is 3. The van der Waals surface area contributed by atoms with E-state index in [1.54, 1.807) is 6.20 Å². The second-order valence-corrected chi connectivity index (χ2v) is 5.51. The van der Waals surface area contributed by atoms with Gasteiger partial charge in [-0.2, -0.15) is 15.4 Å². The summed E-state index contributed by atoms with van der Waals surface area (Å²) < 4.78 is 5.96. The lowest BCUT2D eigenvalue weighted by atomic mass is 9.91. The van der Waals surface area contributed by atoms with E-state index in [9.17, 15) is 0 Å². The first-order valence-electron chi connectivity index (χ1n) is 7.27. The molecule has 1 atom stereocenters. The highest BCUT2D eigenvalue weighted by Gasteiger charge is 2.16. The lowest BCUT2D eigenvalue weighted by Gasteiger charge is -2.19. The summed E-state index contributed by atoms with van der Waals surface area (Å²) in [6, 6.07) is 8.32. The van der Waals surface area contributed by atoms with Crippen LogP contribution < -0.4 is 4.74 Å². The van der Waals surface area contributed by atoms with Crippen LogP contribution in [-0.4, -0.2) is 22.0 Å². The third-order valence-electron chi connectivity index (χ3n) is 3.34. The van der Waals surface area contributed by atoms with Gasteiger partial charge < -0.3 is 4.74 Å². The normalized spacial score (nSPS) is 12.6. The summed E-state index contributed by atoms with van der Waals surface area (Å²) >= 11 is 0. The molecular formula is C16H23N3O. The first-order valence-corrected chi connectivity index (χ1v) is 7.27. The Morgan fingerprint density at radius 1 is 1.25 bits per heavy atom. The van der Waals surface area contributed by atoms with Gasteiger partial charge in [-0.1, -0.05) is 39.0 Å². The van der Waals surface area contributed by atoms with E-state index in [-0.39, 0.29) is 0 Å². The molecule has 1 heterocycles. The zero-order valence-corrected chi connectivity index (χ0v) is 12.5. The Balaban J connectivity index is 2.16. The number of para-hydroxylation sites is 1. The van der Waals surface area contributed by atoms with Crippen molar-refractivity contribution in [2.45, 2.75) is 39.5 Å². The fourth-order valence-corrected chi connectivity index (χ4v) is 2.26. The van der Waals surface area contributed by atoms with Crippen molar-refractivity contribution in [1.82, 2.24) is 15.4 Å². The maximum atomic E-state index is 5.96. The van der Waals surface area contributed by atoms with Crippen molar-refractivity contribution in [1.29, 1.82) is 0 Å². The van der Waals surface area contributed by atoms with Crippen molar-refractivity contribution in [2.24, 2.45) is 5.92 Å². The fraction of sp³-hybridized carbons (Fsp3) is 0.500. The quantitative estimate of drug-likeness (QED) is 0.839. The molecule has 108 valence electrons. The molecule has 4 nitrogen and oxygen atoms in total. The predicted octanol–water partition coefficient (Wildman–Crippen LogP) is 3.58. The second-order valence-electron chi connectivity index (χ2n) is 5.51. The van der Waals surface area contributed by atoms with Crippen LogP contribution in [0.1, 0.15) is 44.4 Å². The molecule has 0 saturated carbocycles. The van der Waals surface area contributed by atoms with E-state index >= 15 is 0 Å². The van der Waals surface area contributed by atoms with E-state index in [1.165, 1.54) is 5.56 Å². The largest absolute Gasteiger partial charge is 0.493 e. The lowest BCUT2D eigenvalue weighted by molar-refractivity contribution is 0.267. The van der Waals surface area contributed by atoms with E-state index in [2.05, 4.69) is 54.4 Å². The summed E-state index contributed by atoms with van der Waals surface area (Å²) in [4.78, 5) is 0. The summed E-state index contributed by atoms with van der Waals surface area (Å²) in [5, 5.41) is 10.7. The Bertz CT molecular complexity index is 508. The number of nitrogens with one attached hydrogen (secondary N) is 1. The van der Waals surface area contributed by atoms with Crippen LogP contribution >= 0.6 is 0 Å². The Morgan fingerprint density at radius 2 is 2.05 bits per heavy atom. The number of nitrogens with zero attached hydrogens (tertiary/aromatic N) is 2. The van der Waals surface area contributed by atoms with Crippen molar-refractivity contribution < 1.29 is 4.74 Å². The fourth-order valence-electron chi connectivity index (χ4n) is 2.26. The molecule has 2 aromatic rings. The molecule has 0 saturated heterocycles. The number of hydrogen-bond donors (Lipinski definition) is 1. The van der Waals surface area contributed by atoms with Crippen LogP contribution in [0.3, 0.4) is 0 Å². The van der Waals surface area contributed by atoms with Crippen LogP contribution in [0.5, 0.6) is 5.75 Å². The molecule has 0 spiro atoms. The van der Waals surface area contributed by atoms with Crippen LogP contribution in [0.2, 0.25) is 0 Å². The van der Waals surface area contributed by atoms with Gasteiger partial charge in [0.2, 0.25) is 0 Å². The molecule has 2 rings (SSSR count). The number of aromatic amines is 1. The highest BCUT2D eigenvalue weighted by molar-refractivity contribution is 5.36. The first kappa shape index (κ1) is 14.6. The van der Waals surface area contributed by atoms with Gasteiger partial charge in [-0.15, -0.1) is 0 Å². The third-order valence-corrected chi connectivity index (χ3v) is 3.34. The predicted molar refractivity (Wildman–Crippen MR) is 79.9 cm³/mol. The lowest BCUT2D eigenvalue weighted by Crippen LogP contribution is -2.09. The molecular weight excluding hydrogens is 250 g/mol. The van der Waals surface area contributed by atoms with E-state index in [4.69, 9.17) is 4.74 Å². The average molecular weight is 273 g/mol. The smallest absolute Gasteiger partial charge is 0.122 e. The van der Waals surface area contributed by atoms with Crippen molar-refractivity contribution in [3.8, 4) is 5.75 Å². The summed E-state index contributed by atoms with van der Waals surface area (Å²) in [6.07, 6.45) is 3.73. The molecule has 20 heavy (non-hydrogen) atoms.